The van der Waals surface area contributed by atoms with Crippen LogP contribution in [0.5, 0.6) is 0 Å². The Labute approximate surface area is 138 Å². The molecular weight excluding hydrogens is 286 g/mol. The van der Waals surface area contributed by atoms with Crippen molar-refractivity contribution in [3.05, 3.63) is 65.3 Å². The van der Waals surface area contributed by atoms with E-state index in [0.717, 1.165) is 28.8 Å². The van der Waals surface area contributed by atoms with Gasteiger partial charge in [-0.05, 0) is 57.4 Å². The fourth-order valence-corrected chi connectivity index (χ4v) is 2.22. The zero-order chi connectivity index (χ0) is 17.4. The van der Waals surface area contributed by atoms with Gasteiger partial charge >= 0.3 is 0 Å². The van der Waals surface area contributed by atoms with Gasteiger partial charge in [0.15, 0.2) is 0 Å². The summed E-state index contributed by atoms with van der Waals surface area (Å²) >= 11 is 0. The standard InChI is InChI=1S/C20H25NO2/c1-6-19(15(4)13-14(2)3)20(23)21-18-11-9-17(10-12-18)8-7-16(5)22/h6,9-13H,1,7-8H2,2-5H3,(H,21,23)/b19-15+. The van der Waals surface area contributed by atoms with Crippen LogP contribution in [0.3, 0.4) is 0 Å². The van der Waals surface area contributed by atoms with E-state index in [1.54, 1.807) is 13.0 Å². The average molecular weight is 311 g/mol. The van der Waals surface area contributed by atoms with Gasteiger partial charge in [-0.25, -0.2) is 0 Å². The molecule has 1 N–H and O–H groups in total. The molecule has 0 bridgehead atoms. The van der Waals surface area contributed by atoms with Crippen molar-refractivity contribution in [3.8, 4) is 0 Å². The molecule has 0 saturated carbocycles. The number of carbonyl (C=O) groups excluding carboxylic acids is 2. The molecule has 0 aliphatic carbocycles. The predicted octanol–water partition coefficient (Wildman–Crippen LogP) is 4.62. The first-order chi connectivity index (χ1) is 10.8. The van der Waals surface area contributed by atoms with E-state index in [2.05, 4.69) is 11.9 Å². The average Bonchev–Trinajstić information content (AvgIpc) is 2.46. The number of aryl methyl sites for hydroxylation is 1. The van der Waals surface area contributed by atoms with Crippen LogP contribution in [0.25, 0.3) is 0 Å². The van der Waals surface area contributed by atoms with Crippen LogP contribution in [0.4, 0.5) is 5.69 Å². The number of nitrogens with one attached hydrogen (secondary N) is 1. The van der Waals surface area contributed by atoms with Crippen molar-refractivity contribution in [2.24, 2.45) is 0 Å². The summed E-state index contributed by atoms with van der Waals surface area (Å²) in [6.07, 6.45) is 4.80. The fourth-order valence-electron chi connectivity index (χ4n) is 2.22. The largest absolute Gasteiger partial charge is 0.322 e. The summed E-state index contributed by atoms with van der Waals surface area (Å²) in [4.78, 5) is 23.4. The molecule has 23 heavy (non-hydrogen) atoms. The maximum Gasteiger partial charge on any atom is 0.255 e. The number of amides is 1. The Balaban J connectivity index is 2.82. The van der Waals surface area contributed by atoms with Crippen molar-refractivity contribution in [2.75, 3.05) is 5.32 Å². The van der Waals surface area contributed by atoms with Crippen molar-refractivity contribution < 1.29 is 9.59 Å². The summed E-state index contributed by atoms with van der Waals surface area (Å²) in [6.45, 7) is 11.2. The third kappa shape index (κ3) is 6.47. The van der Waals surface area contributed by atoms with Gasteiger partial charge in [-0.2, -0.15) is 0 Å². The molecule has 0 aliphatic heterocycles. The van der Waals surface area contributed by atoms with E-state index in [1.807, 2.05) is 51.1 Å². The minimum Gasteiger partial charge on any atom is -0.322 e. The second-order valence-corrected chi connectivity index (χ2v) is 5.88. The predicted molar refractivity (Wildman–Crippen MR) is 96.4 cm³/mol. The number of benzene rings is 1. The van der Waals surface area contributed by atoms with Crippen LogP contribution in [-0.2, 0) is 16.0 Å². The molecular formula is C20H25NO2. The highest BCUT2D eigenvalue weighted by Crippen LogP contribution is 2.15. The third-order valence-electron chi connectivity index (χ3n) is 3.36. The molecule has 1 amide bonds. The topological polar surface area (TPSA) is 46.2 Å². The summed E-state index contributed by atoms with van der Waals surface area (Å²) in [7, 11) is 0. The van der Waals surface area contributed by atoms with Crippen molar-refractivity contribution in [1.29, 1.82) is 0 Å². The van der Waals surface area contributed by atoms with Crippen LogP contribution in [0.2, 0.25) is 0 Å². The zero-order valence-corrected chi connectivity index (χ0v) is 14.4. The Hall–Kier alpha value is -2.42. The molecule has 1 aromatic rings. The van der Waals surface area contributed by atoms with E-state index in [-0.39, 0.29) is 11.7 Å². The molecule has 0 spiro atoms. The molecule has 0 aromatic heterocycles. The quantitative estimate of drug-likeness (QED) is 0.590. The number of Topliss-reactive ketones (excluding diaryl/α,β-unsaturated/α-hetero) is 1. The van der Waals surface area contributed by atoms with Gasteiger partial charge in [0.2, 0.25) is 0 Å². The lowest BCUT2D eigenvalue weighted by Crippen LogP contribution is -2.14. The molecule has 3 heteroatoms. The number of carbonyl (C=O) groups is 2. The van der Waals surface area contributed by atoms with Crippen molar-refractivity contribution in [2.45, 2.75) is 40.5 Å². The van der Waals surface area contributed by atoms with Crippen LogP contribution in [0.1, 0.15) is 39.7 Å². The fraction of sp³-hybridized carbons (Fsp3) is 0.300. The van der Waals surface area contributed by atoms with Gasteiger partial charge in [0, 0.05) is 17.7 Å². The number of allylic oxidation sites excluding steroid dienone is 3. The van der Waals surface area contributed by atoms with Crippen LogP contribution < -0.4 is 5.32 Å². The SMILES string of the molecule is C=C/C(C(=O)Nc1ccc(CCC(C)=O)cc1)=C(/C)C=C(C)C. The second-order valence-electron chi connectivity index (χ2n) is 5.88. The molecule has 0 unspecified atom stereocenters. The monoisotopic (exact) mass is 311 g/mol. The van der Waals surface area contributed by atoms with Gasteiger partial charge in [-0.15, -0.1) is 0 Å². The highest BCUT2D eigenvalue weighted by Gasteiger charge is 2.09. The van der Waals surface area contributed by atoms with Crippen LogP contribution in [0, 0.1) is 0 Å². The Morgan fingerprint density at radius 2 is 1.70 bits per heavy atom. The first kappa shape index (κ1) is 18.6. The summed E-state index contributed by atoms with van der Waals surface area (Å²) < 4.78 is 0. The number of hydrogen-bond acceptors (Lipinski definition) is 2. The van der Waals surface area contributed by atoms with Crippen molar-refractivity contribution >= 4 is 17.4 Å². The molecule has 0 heterocycles. The minimum atomic E-state index is -0.175. The van der Waals surface area contributed by atoms with Gasteiger partial charge < -0.3 is 10.1 Å². The lowest BCUT2D eigenvalue weighted by molar-refractivity contribution is -0.117. The molecule has 0 saturated heterocycles. The maximum absolute atomic E-state index is 12.4. The first-order valence-corrected chi connectivity index (χ1v) is 7.71. The molecule has 3 nitrogen and oxygen atoms in total. The molecule has 1 aromatic carbocycles. The third-order valence-corrected chi connectivity index (χ3v) is 3.36. The molecule has 0 aliphatic rings. The highest BCUT2D eigenvalue weighted by atomic mass is 16.1. The van der Waals surface area contributed by atoms with E-state index in [9.17, 15) is 9.59 Å². The van der Waals surface area contributed by atoms with Crippen LogP contribution in [-0.4, -0.2) is 11.7 Å². The van der Waals surface area contributed by atoms with E-state index in [0.29, 0.717) is 12.0 Å². The van der Waals surface area contributed by atoms with Gasteiger partial charge in [0.05, 0.1) is 0 Å². The normalized spacial score (nSPS) is 11.3. The summed E-state index contributed by atoms with van der Waals surface area (Å²) in [5.74, 6) is 0.00405. The molecule has 0 atom stereocenters. The van der Waals surface area contributed by atoms with Gasteiger partial charge in [-0.3, -0.25) is 4.79 Å². The lowest BCUT2D eigenvalue weighted by Gasteiger charge is -2.09. The second kappa shape index (κ2) is 8.89. The Morgan fingerprint density at radius 1 is 1.09 bits per heavy atom. The van der Waals surface area contributed by atoms with Crippen molar-refractivity contribution in [3.63, 3.8) is 0 Å². The van der Waals surface area contributed by atoms with Crippen LogP contribution >= 0.6 is 0 Å². The van der Waals surface area contributed by atoms with E-state index < -0.39 is 0 Å². The van der Waals surface area contributed by atoms with E-state index in [1.165, 1.54) is 0 Å². The summed E-state index contributed by atoms with van der Waals surface area (Å²) in [5, 5.41) is 2.87. The van der Waals surface area contributed by atoms with Gasteiger partial charge in [0.1, 0.15) is 5.78 Å². The lowest BCUT2D eigenvalue weighted by atomic mass is 10.1. The Bertz CT molecular complexity index is 645. The van der Waals surface area contributed by atoms with E-state index in [4.69, 9.17) is 0 Å². The molecule has 122 valence electrons. The number of hydrogen-bond donors (Lipinski definition) is 1. The van der Waals surface area contributed by atoms with E-state index >= 15 is 0 Å². The minimum absolute atomic E-state index is 0.175. The number of ketones is 1. The van der Waals surface area contributed by atoms with Crippen LogP contribution in [0.15, 0.2) is 59.7 Å². The highest BCUT2D eigenvalue weighted by molar-refractivity contribution is 6.06. The van der Waals surface area contributed by atoms with Gasteiger partial charge in [-0.1, -0.05) is 36.4 Å². The Morgan fingerprint density at radius 3 is 2.17 bits per heavy atom. The summed E-state index contributed by atoms with van der Waals surface area (Å²) in [6, 6.07) is 7.56. The number of rotatable bonds is 7. The first-order valence-electron chi connectivity index (χ1n) is 7.71. The zero-order valence-electron chi connectivity index (χ0n) is 14.4. The summed E-state index contributed by atoms with van der Waals surface area (Å²) in [5.41, 5.74) is 4.39. The Kier molecular flexibility index (Phi) is 7.20. The molecule has 0 radical (unpaired) electrons. The number of anilines is 1. The van der Waals surface area contributed by atoms with Gasteiger partial charge in [0.25, 0.3) is 5.91 Å². The molecule has 1 rings (SSSR count). The van der Waals surface area contributed by atoms with Crippen molar-refractivity contribution in [1.82, 2.24) is 0 Å². The maximum atomic E-state index is 12.4. The smallest absolute Gasteiger partial charge is 0.255 e. The molecule has 0 fully saturated rings.